The van der Waals surface area contributed by atoms with E-state index >= 15 is 0 Å². The van der Waals surface area contributed by atoms with E-state index in [1.807, 2.05) is 16.3 Å². The summed E-state index contributed by atoms with van der Waals surface area (Å²) in [5.41, 5.74) is 2.98. The summed E-state index contributed by atoms with van der Waals surface area (Å²) in [6.45, 7) is -1.16. The first-order valence-corrected chi connectivity index (χ1v) is 10.5. The van der Waals surface area contributed by atoms with Crippen molar-refractivity contribution in [1.29, 1.82) is 5.26 Å². The lowest BCUT2D eigenvalue weighted by atomic mass is 10.0. The number of rotatable bonds is 6. The fraction of sp³-hybridized carbons (Fsp3) is 0.261. The van der Waals surface area contributed by atoms with Crippen molar-refractivity contribution in [3.8, 4) is 6.07 Å². The van der Waals surface area contributed by atoms with Gasteiger partial charge in [-0.15, -0.1) is 0 Å². The van der Waals surface area contributed by atoms with Crippen LogP contribution in [0.2, 0.25) is 0 Å². The zero-order valence-electron chi connectivity index (χ0n) is 18.2. The predicted octanol–water partition coefficient (Wildman–Crippen LogP) is 3.81. The summed E-state index contributed by atoms with van der Waals surface area (Å²) in [4.78, 5) is 26.8. The number of hydrogen-bond acceptors (Lipinski definition) is 7. The lowest BCUT2D eigenvalue weighted by Crippen LogP contribution is -2.33. The van der Waals surface area contributed by atoms with Crippen LogP contribution >= 0.6 is 0 Å². The molecule has 0 spiro atoms. The van der Waals surface area contributed by atoms with Gasteiger partial charge < -0.3 is 15.5 Å². The van der Waals surface area contributed by atoms with E-state index in [1.54, 1.807) is 18.2 Å². The second-order valence-electron chi connectivity index (χ2n) is 7.76. The maximum Gasteiger partial charge on any atom is 0.405 e. The first-order valence-electron chi connectivity index (χ1n) is 10.5. The molecule has 35 heavy (non-hydrogen) atoms. The quantitative estimate of drug-likeness (QED) is 0.512. The van der Waals surface area contributed by atoms with Crippen LogP contribution in [0.5, 0.6) is 0 Å². The Morgan fingerprint density at radius 3 is 2.74 bits per heavy atom. The molecule has 1 aliphatic rings. The average Bonchev–Trinajstić information content (AvgIpc) is 2.86. The van der Waals surface area contributed by atoms with Crippen molar-refractivity contribution in [1.82, 2.24) is 20.3 Å². The van der Waals surface area contributed by atoms with E-state index in [0.29, 0.717) is 36.5 Å². The first-order chi connectivity index (χ1) is 16.8. The van der Waals surface area contributed by atoms with Gasteiger partial charge in [0, 0.05) is 35.1 Å². The van der Waals surface area contributed by atoms with Gasteiger partial charge >= 0.3 is 6.18 Å². The molecule has 0 saturated heterocycles. The van der Waals surface area contributed by atoms with Crippen LogP contribution in [0.4, 0.5) is 34.9 Å². The van der Waals surface area contributed by atoms with Crippen molar-refractivity contribution in [2.24, 2.45) is 0 Å². The molecule has 0 bridgehead atoms. The third-order valence-corrected chi connectivity index (χ3v) is 5.44. The molecular formula is C23H19F4N7O. The minimum atomic E-state index is -4.51. The Balaban J connectivity index is 1.50. The maximum absolute atomic E-state index is 13.3. The third kappa shape index (κ3) is 5.63. The largest absolute Gasteiger partial charge is 0.405 e. The molecule has 3 heterocycles. The SMILES string of the molecule is N#Cc1ccc(N2CCc3c(ncnc3Nc3cc(C(=O)NCC(F)(F)F)ccn3)C2)cc1CF. The van der Waals surface area contributed by atoms with Crippen LogP contribution in [0.1, 0.15) is 32.7 Å². The van der Waals surface area contributed by atoms with Crippen molar-refractivity contribution >= 4 is 23.2 Å². The second kappa shape index (κ2) is 9.92. The van der Waals surface area contributed by atoms with E-state index in [4.69, 9.17) is 5.26 Å². The molecule has 1 aliphatic heterocycles. The van der Waals surface area contributed by atoms with Crippen LogP contribution in [0.25, 0.3) is 0 Å². The summed E-state index contributed by atoms with van der Waals surface area (Å²) < 4.78 is 50.5. The van der Waals surface area contributed by atoms with Gasteiger partial charge in [0.1, 0.15) is 31.2 Å². The van der Waals surface area contributed by atoms with E-state index in [1.165, 1.54) is 24.7 Å². The topological polar surface area (TPSA) is 107 Å². The molecule has 0 fully saturated rings. The highest BCUT2D eigenvalue weighted by molar-refractivity contribution is 5.94. The van der Waals surface area contributed by atoms with Gasteiger partial charge in [0.15, 0.2) is 0 Å². The van der Waals surface area contributed by atoms with Gasteiger partial charge in [0.25, 0.3) is 5.91 Å². The zero-order valence-corrected chi connectivity index (χ0v) is 18.2. The molecule has 1 amide bonds. The molecule has 0 saturated carbocycles. The number of hydrogen-bond donors (Lipinski definition) is 2. The predicted molar refractivity (Wildman–Crippen MR) is 119 cm³/mol. The normalized spacial score (nSPS) is 13.1. The summed E-state index contributed by atoms with van der Waals surface area (Å²) in [5, 5.41) is 14.0. The number of carbonyl (C=O) groups is 1. The molecule has 12 heteroatoms. The highest BCUT2D eigenvalue weighted by atomic mass is 19.4. The van der Waals surface area contributed by atoms with Crippen LogP contribution < -0.4 is 15.5 Å². The monoisotopic (exact) mass is 485 g/mol. The lowest BCUT2D eigenvalue weighted by molar-refractivity contribution is -0.123. The number of carbonyl (C=O) groups excluding carboxylic acids is 1. The molecule has 4 rings (SSSR count). The molecular weight excluding hydrogens is 466 g/mol. The maximum atomic E-state index is 13.3. The van der Waals surface area contributed by atoms with Crippen molar-refractivity contribution in [3.63, 3.8) is 0 Å². The Morgan fingerprint density at radius 2 is 2.00 bits per heavy atom. The van der Waals surface area contributed by atoms with Gasteiger partial charge in [-0.3, -0.25) is 4.79 Å². The fourth-order valence-electron chi connectivity index (χ4n) is 3.72. The standard InChI is InChI=1S/C23H19F4N7O/c24-9-16-7-17(2-1-15(16)10-28)34-6-4-18-19(11-34)31-13-32-21(18)33-20-8-14(3-5-29-20)22(35)30-12-23(25,26)27/h1-3,5,7-8,13H,4,6,9,11-12H2,(H,30,35)(H,29,31,32,33). The van der Waals surface area contributed by atoms with Crippen molar-refractivity contribution in [2.45, 2.75) is 25.8 Å². The second-order valence-corrected chi connectivity index (χ2v) is 7.76. The molecule has 3 aromatic rings. The number of pyridine rings is 1. The lowest BCUT2D eigenvalue weighted by Gasteiger charge is -2.31. The summed E-state index contributed by atoms with van der Waals surface area (Å²) >= 11 is 0. The van der Waals surface area contributed by atoms with Gasteiger partial charge in [0.2, 0.25) is 0 Å². The molecule has 0 radical (unpaired) electrons. The van der Waals surface area contributed by atoms with Crippen molar-refractivity contribution in [2.75, 3.05) is 23.3 Å². The fourth-order valence-corrected chi connectivity index (χ4v) is 3.72. The number of nitriles is 1. The van der Waals surface area contributed by atoms with Crippen molar-refractivity contribution < 1.29 is 22.4 Å². The van der Waals surface area contributed by atoms with E-state index in [-0.39, 0.29) is 11.4 Å². The van der Waals surface area contributed by atoms with Gasteiger partial charge in [-0.05, 0) is 36.8 Å². The van der Waals surface area contributed by atoms with E-state index in [0.717, 1.165) is 16.9 Å². The number of nitrogens with one attached hydrogen (secondary N) is 2. The van der Waals surface area contributed by atoms with Crippen molar-refractivity contribution in [3.05, 3.63) is 70.8 Å². The number of alkyl halides is 4. The molecule has 2 N–H and O–H groups in total. The number of halogens is 4. The molecule has 1 aromatic carbocycles. The number of amides is 1. The summed E-state index contributed by atoms with van der Waals surface area (Å²) in [7, 11) is 0. The smallest absolute Gasteiger partial charge is 0.365 e. The van der Waals surface area contributed by atoms with Crippen LogP contribution in [-0.2, 0) is 19.6 Å². The Bertz CT molecular complexity index is 1290. The molecule has 180 valence electrons. The molecule has 8 nitrogen and oxygen atoms in total. The number of fused-ring (bicyclic) bond motifs is 1. The number of aromatic nitrogens is 3. The average molecular weight is 485 g/mol. The minimum Gasteiger partial charge on any atom is -0.365 e. The van der Waals surface area contributed by atoms with Crippen LogP contribution in [0.15, 0.2) is 42.9 Å². The van der Waals surface area contributed by atoms with Gasteiger partial charge in [-0.2, -0.15) is 18.4 Å². The minimum absolute atomic E-state index is 0.0188. The summed E-state index contributed by atoms with van der Waals surface area (Å²) in [6.07, 6.45) is -1.28. The van der Waals surface area contributed by atoms with Gasteiger partial charge in [-0.25, -0.2) is 19.3 Å². The van der Waals surface area contributed by atoms with E-state index in [9.17, 15) is 22.4 Å². The van der Waals surface area contributed by atoms with Crippen LogP contribution in [0.3, 0.4) is 0 Å². The Morgan fingerprint density at radius 1 is 1.17 bits per heavy atom. The van der Waals surface area contributed by atoms with E-state index in [2.05, 4.69) is 20.3 Å². The third-order valence-electron chi connectivity index (χ3n) is 5.44. The van der Waals surface area contributed by atoms with Gasteiger partial charge in [-0.1, -0.05) is 0 Å². The Labute approximate surface area is 197 Å². The highest BCUT2D eigenvalue weighted by Crippen LogP contribution is 2.29. The first kappa shape index (κ1) is 23.9. The Kier molecular flexibility index (Phi) is 6.77. The zero-order chi connectivity index (χ0) is 25.0. The van der Waals surface area contributed by atoms with E-state index < -0.39 is 25.3 Å². The number of benzene rings is 1. The molecule has 0 aliphatic carbocycles. The highest BCUT2D eigenvalue weighted by Gasteiger charge is 2.28. The molecule has 0 atom stereocenters. The molecule has 2 aromatic heterocycles. The van der Waals surface area contributed by atoms with Crippen LogP contribution in [-0.4, -0.2) is 40.1 Å². The Hall–Kier alpha value is -4.27. The number of anilines is 3. The molecule has 0 unspecified atom stereocenters. The summed E-state index contributed by atoms with van der Waals surface area (Å²) in [5.74, 6) is -0.157. The summed E-state index contributed by atoms with van der Waals surface area (Å²) in [6, 6.07) is 9.65. The van der Waals surface area contributed by atoms with Crippen LogP contribution in [0, 0.1) is 11.3 Å². The number of nitrogens with zero attached hydrogens (tertiary/aromatic N) is 5. The van der Waals surface area contributed by atoms with Gasteiger partial charge in [0.05, 0.1) is 23.9 Å².